The molecule has 0 radical (unpaired) electrons. The van der Waals surface area contributed by atoms with Crippen LogP contribution in [0.5, 0.6) is 0 Å². The first-order valence-corrected chi connectivity index (χ1v) is 6.98. The molecule has 2 amide bonds. The number of carbonyl (C=O) groups excluding carboxylic acids is 2. The molecule has 6 heteroatoms. The lowest BCUT2D eigenvalue weighted by Gasteiger charge is -2.09. The molecule has 0 saturated carbocycles. The van der Waals surface area contributed by atoms with Crippen molar-refractivity contribution in [3.05, 3.63) is 41.0 Å². The van der Waals surface area contributed by atoms with Gasteiger partial charge in [-0.1, -0.05) is 29.8 Å². The predicted octanol–water partition coefficient (Wildman–Crippen LogP) is 2.14. The molecule has 0 atom stereocenters. The lowest BCUT2D eigenvalue weighted by Crippen LogP contribution is -2.40. The molecule has 2 aromatic rings. The van der Waals surface area contributed by atoms with Crippen molar-refractivity contribution in [3.63, 3.8) is 0 Å². The van der Waals surface area contributed by atoms with Crippen molar-refractivity contribution in [1.29, 1.82) is 0 Å². The molecule has 0 aliphatic heterocycles. The highest BCUT2D eigenvalue weighted by Gasteiger charge is 2.12. The Labute approximate surface area is 127 Å². The minimum Gasteiger partial charge on any atom is -0.352 e. The molecule has 0 spiro atoms. The van der Waals surface area contributed by atoms with Crippen LogP contribution in [0.3, 0.4) is 0 Å². The first-order chi connectivity index (χ1) is 9.97. The van der Waals surface area contributed by atoms with Crippen LogP contribution in [0.15, 0.2) is 30.3 Å². The third kappa shape index (κ3) is 3.92. The highest BCUT2D eigenvalue weighted by atomic mass is 35.5. The van der Waals surface area contributed by atoms with Crippen LogP contribution in [0.1, 0.15) is 24.3 Å². The third-order valence-corrected chi connectivity index (χ3v) is 3.07. The van der Waals surface area contributed by atoms with Crippen molar-refractivity contribution in [2.24, 2.45) is 0 Å². The number of amides is 2. The molecule has 0 fully saturated rings. The van der Waals surface area contributed by atoms with Gasteiger partial charge in [0.05, 0.1) is 17.1 Å². The summed E-state index contributed by atoms with van der Waals surface area (Å²) in [5, 5.41) is 6.46. The fraction of sp³-hybridized carbons (Fsp3) is 0.267. The summed E-state index contributed by atoms with van der Waals surface area (Å²) in [4.78, 5) is 27.8. The van der Waals surface area contributed by atoms with E-state index in [1.54, 1.807) is 6.07 Å². The Hall–Kier alpha value is -2.14. The smallest absolute Gasteiger partial charge is 0.270 e. The normalized spacial score (nSPS) is 10.7. The van der Waals surface area contributed by atoms with Gasteiger partial charge in [0.2, 0.25) is 5.91 Å². The zero-order valence-corrected chi connectivity index (χ0v) is 12.6. The Morgan fingerprint density at radius 2 is 2.00 bits per heavy atom. The number of hydrogen-bond acceptors (Lipinski definition) is 3. The molecular formula is C15H16ClN3O2. The quantitative estimate of drug-likeness (QED) is 0.909. The van der Waals surface area contributed by atoms with Gasteiger partial charge in [0.1, 0.15) is 5.69 Å². The second-order valence-corrected chi connectivity index (χ2v) is 5.32. The molecular weight excluding hydrogens is 290 g/mol. The van der Waals surface area contributed by atoms with Crippen LogP contribution >= 0.6 is 11.6 Å². The SMILES string of the molecule is CC(C)NC(=O)CNC(=O)c1cc(Cl)c2ccccc2n1. The van der Waals surface area contributed by atoms with Crippen molar-refractivity contribution >= 4 is 34.3 Å². The molecule has 2 rings (SSSR count). The summed E-state index contributed by atoms with van der Waals surface area (Å²) in [7, 11) is 0. The van der Waals surface area contributed by atoms with Gasteiger partial charge in [-0.15, -0.1) is 0 Å². The van der Waals surface area contributed by atoms with Gasteiger partial charge in [-0.2, -0.15) is 0 Å². The first-order valence-electron chi connectivity index (χ1n) is 6.60. The number of para-hydroxylation sites is 1. The number of halogens is 1. The molecule has 0 aliphatic rings. The van der Waals surface area contributed by atoms with Crippen molar-refractivity contribution < 1.29 is 9.59 Å². The summed E-state index contributed by atoms with van der Waals surface area (Å²) in [6.07, 6.45) is 0. The molecule has 0 bridgehead atoms. The largest absolute Gasteiger partial charge is 0.352 e. The van der Waals surface area contributed by atoms with E-state index in [9.17, 15) is 9.59 Å². The molecule has 5 nitrogen and oxygen atoms in total. The van der Waals surface area contributed by atoms with Gasteiger partial charge in [0.15, 0.2) is 0 Å². The highest BCUT2D eigenvalue weighted by Crippen LogP contribution is 2.22. The van der Waals surface area contributed by atoms with Crippen LogP contribution < -0.4 is 10.6 Å². The van der Waals surface area contributed by atoms with Crippen LogP contribution in [0.2, 0.25) is 5.02 Å². The van der Waals surface area contributed by atoms with Crippen LogP contribution in [-0.2, 0) is 4.79 Å². The van der Waals surface area contributed by atoms with Gasteiger partial charge < -0.3 is 10.6 Å². The number of aromatic nitrogens is 1. The second kappa shape index (κ2) is 6.54. The summed E-state index contributed by atoms with van der Waals surface area (Å²) < 4.78 is 0. The van der Waals surface area contributed by atoms with Gasteiger partial charge in [0.25, 0.3) is 5.91 Å². The van der Waals surface area contributed by atoms with E-state index >= 15 is 0 Å². The topological polar surface area (TPSA) is 71.1 Å². The number of benzene rings is 1. The number of nitrogens with one attached hydrogen (secondary N) is 2. The summed E-state index contributed by atoms with van der Waals surface area (Å²) in [5.74, 6) is -0.674. The van der Waals surface area contributed by atoms with Crippen LogP contribution in [0, 0.1) is 0 Å². The number of fused-ring (bicyclic) bond motifs is 1. The molecule has 1 aromatic carbocycles. The van der Waals surface area contributed by atoms with E-state index in [1.807, 2.05) is 32.0 Å². The summed E-state index contributed by atoms with van der Waals surface area (Å²) in [6, 6.07) is 8.82. The van der Waals surface area contributed by atoms with Crippen molar-refractivity contribution in [1.82, 2.24) is 15.6 Å². The molecule has 110 valence electrons. The third-order valence-electron chi connectivity index (χ3n) is 2.76. The summed E-state index contributed by atoms with van der Waals surface area (Å²) >= 11 is 6.14. The lowest BCUT2D eigenvalue weighted by atomic mass is 10.2. The van der Waals surface area contributed by atoms with Crippen LogP contribution in [0.25, 0.3) is 10.9 Å². The molecule has 1 aromatic heterocycles. The van der Waals surface area contributed by atoms with Crippen LogP contribution in [0.4, 0.5) is 0 Å². The van der Waals surface area contributed by atoms with E-state index in [4.69, 9.17) is 11.6 Å². The van der Waals surface area contributed by atoms with Gasteiger partial charge in [-0.25, -0.2) is 4.98 Å². The highest BCUT2D eigenvalue weighted by molar-refractivity contribution is 6.35. The molecule has 0 unspecified atom stereocenters. The fourth-order valence-electron chi connectivity index (χ4n) is 1.87. The maximum Gasteiger partial charge on any atom is 0.270 e. The Morgan fingerprint density at radius 3 is 2.71 bits per heavy atom. The van der Waals surface area contributed by atoms with Gasteiger partial charge in [0, 0.05) is 11.4 Å². The van der Waals surface area contributed by atoms with Crippen molar-refractivity contribution in [2.45, 2.75) is 19.9 Å². The molecule has 0 aliphatic carbocycles. The Balaban J connectivity index is 2.11. The van der Waals surface area contributed by atoms with E-state index in [2.05, 4.69) is 15.6 Å². The zero-order chi connectivity index (χ0) is 15.4. The number of hydrogen-bond donors (Lipinski definition) is 2. The number of carbonyl (C=O) groups is 2. The minimum atomic E-state index is -0.429. The minimum absolute atomic E-state index is 0.0302. The summed E-state index contributed by atoms with van der Waals surface area (Å²) in [6.45, 7) is 3.61. The maximum atomic E-state index is 12.0. The molecule has 2 N–H and O–H groups in total. The number of rotatable bonds is 4. The maximum absolute atomic E-state index is 12.0. The lowest BCUT2D eigenvalue weighted by molar-refractivity contribution is -0.120. The Morgan fingerprint density at radius 1 is 1.29 bits per heavy atom. The van der Waals surface area contributed by atoms with Gasteiger partial charge >= 0.3 is 0 Å². The van der Waals surface area contributed by atoms with E-state index < -0.39 is 5.91 Å². The van der Waals surface area contributed by atoms with E-state index in [0.29, 0.717) is 10.5 Å². The average molecular weight is 306 g/mol. The average Bonchev–Trinajstić information content (AvgIpc) is 2.44. The first kappa shape index (κ1) is 15.3. The molecule has 0 saturated heterocycles. The summed E-state index contributed by atoms with van der Waals surface area (Å²) in [5.41, 5.74) is 0.831. The Kier molecular flexibility index (Phi) is 4.75. The molecule has 1 heterocycles. The monoisotopic (exact) mass is 305 g/mol. The molecule has 21 heavy (non-hydrogen) atoms. The number of pyridine rings is 1. The van der Waals surface area contributed by atoms with E-state index in [1.165, 1.54) is 6.07 Å². The zero-order valence-electron chi connectivity index (χ0n) is 11.8. The standard InChI is InChI=1S/C15H16ClN3O2/c1-9(2)18-14(20)8-17-15(21)13-7-11(16)10-5-3-4-6-12(10)19-13/h3-7,9H,8H2,1-2H3,(H,17,21)(H,18,20). The van der Waals surface area contributed by atoms with E-state index in [-0.39, 0.29) is 24.2 Å². The van der Waals surface area contributed by atoms with Gasteiger partial charge in [-0.05, 0) is 26.0 Å². The fourth-order valence-corrected chi connectivity index (χ4v) is 2.14. The van der Waals surface area contributed by atoms with Crippen molar-refractivity contribution in [3.8, 4) is 0 Å². The van der Waals surface area contributed by atoms with Crippen LogP contribution in [-0.4, -0.2) is 29.4 Å². The van der Waals surface area contributed by atoms with Crippen molar-refractivity contribution in [2.75, 3.05) is 6.54 Å². The second-order valence-electron chi connectivity index (χ2n) is 4.91. The number of nitrogens with zero attached hydrogens (tertiary/aromatic N) is 1. The predicted molar refractivity (Wildman–Crippen MR) is 82.4 cm³/mol. The van der Waals surface area contributed by atoms with Gasteiger partial charge in [-0.3, -0.25) is 9.59 Å². The Bertz CT molecular complexity index is 686. The van der Waals surface area contributed by atoms with E-state index in [0.717, 1.165) is 5.39 Å².